The maximum absolute atomic E-state index is 13.5. The minimum atomic E-state index is -4.61. The van der Waals surface area contributed by atoms with Crippen molar-refractivity contribution in [2.75, 3.05) is 52.5 Å². The average Bonchev–Trinajstić information content (AvgIpc) is 3.46. The molecule has 3 aromatic carbocycles. The molecule has 0 saturated carbocycles. The summed E-state index contributed by atoms with van der Waals surface area (Å²) in [6, 6.07) is 14.3. The Labute approximate surface area is 268 Å². The van der Waals surface area contributed by atoms with Crippen LogP contribution < -0.4 is 14.2 Å². The molecule has 0 atom stereocenters. The number of benzene rings is 3. The molecular weight excluding hydrogens is 605 g/mol. The first-order valence-electron chi connectivity index (χ1n) is 15.5. The summed E-state index contributed by atoms with van der Waals surface area (Å²) in [5.74, 6) is 2.09. The Hall–Kier alpha value is -3.47. The Morgan fingerprint density at radius 3 is 2.07 bits per heavy atom. The van der Waals surface area contributed by atoms with E-state index in [-0.39, 0.29) is 5.75 Å². The summed E-state index contributed by atoms with van der Waals surface area (Å²) in [5, 5.41) is -0.392. The highest BCUT2D eigenvalue weighted by Crippen LogP contribution is 2.40. The monoisotopic (exact) mass is 646 g/mol. The number of alkyl halides is 3. The molecule has 1 N–H and O–H groups in total. The van der Waals surface area contributed by atoms with Gasteiger partial charge >= 0.3 is 6.18 Å². The fourth-order valence-electron chi connectivity index (χ4n) is 5.07. The Bertz CT molecular complexity index is 1520. The molecule has 0 saturated heterocycles. The lowest BCUT2D eigenvalue weighted by Crippen LogP contribution is -2.25. The first kappa shape index (κ1) is 34.4. The second kappa shape index (κ2) is 16.2. The van der Waals surface area contributed by atoms with E-state index in [9.17, 15) is 13.2 Å². The highest BCUT2D eigenvalue weighted by atomic mass is 35.5. The molecule has 0 fully saturated rings. The number of para-hydroxylation sites is 1. The van der Waals surface area contributed by atoms with Crippen LogP contribution >= 0.6 is 11.6 Å². The molecule has 1 aromatic heterocycles. The van der Waals surface area contributed by atoms with Crippen molar-refractivity contribution in [3.8, 4) is 34.4 Å². The predicted octanol–water partition coefficient (Wildman–Crippen LogP) is 8.92. The average molecular weight is 647 g/mol. The van der Waals surface area contributed by atoms with E-state index in [1.807, 2.05) is 18.2 Å². The Morgan fingerprint density at radius 1 is 0.778 bits per heavy atom. The molecule has 0 aliphatic heterocycles. The molecule has 1 heterocycles. The third-order valence-corrected chi connectivity index (χ3v) is 8.02. The van der Waals surface area contributed by atoms with Crippen LogP contribution in [0.1, 0.15) is 46.1 Å². The maximum atomic E-state index is 13.5. The summed E-state index contributed by atoms with van der Waals surface area (Å²) in [4.78, 5) is 12.9. The van der Waals surface area contributed by atoms with Crippen LogP contribution in [0.3, 0.4) is 0 Å². The summed E-state index contributed by atoms with van der Waals surface area (Å²) in [5.41, 5.74) is 0.955. The van der Waals surface area contributed by atoms with E-state index in [1.165, 1.54) is 12.1 Å². The van der Waals surface area contributed by atoms with E-state index in [1.54, 1.807) is 18.2 Å². The number of nitrogens with one attached hydrogen (secondary N) is 1. The summed E-state index contributed by atoms with van der Waals surface area (Å²) >= 11 is 5.81. The van der Waals surface area contributed by atoms with Gasteiger partial charge in [-0.15, -0.1) is 0 Å². The number of nitrogens with zero attached hydrogens (tertiary/aromatic N) is 3. The van der Waals surface area contributed by atoms with Crippen molar-refractivity contribution in [1.29, 1.82) is 0 Å². The SMILES string of the molecule is CCN(CC)CCCOc1cc(OCCCN(CC)CC)c2nc(-c3ccccc3Oc3ccc(Cl)c(C(F)(F)F)c3)[nH]c2c1. The molecule has 0 spiro atoms. The predicted molar refractivity (Wildman–Crippen MR) is 174 cm³/mol. The molecular formula is C34H42ClF3N4O3. The molecule has 0 unspecified atom stereocenters. The van der Waals surface area contributed by atoms with Gasteiger partial charge in [-0.2, -0.15) is 13.2 Å². The molecule has 0 amide bonds. The second-order valence-corrected chi connectivity index (χ2v) is 11.0. The van der Waals surface area contributed by atoms with E-state index < -0.39 is 16.8 Å². The van der Waals surface area contributed by atoms with Crippen molar-refractivity contribution in [1.82, 2.24) is 19.8 Å². The number of aromatic amines is 1. The van der Waals surface area contributed by atoms with Crippen LogP contribution in [0.2, 0.25) is 5.02 Å². The minimum Gasteiger partial charge on any atom is -0.493 e. The maximum Gasteiger partial charge on any atom is 0.417 e. The number of fused-ring (bicyclic) bond motifs is 1. The second-order valence-electron chi connectivity index (χ2n) is 10.6. The van der Waals surface area contributed by atoms with Crippen LogP contribution in [0.25, 0.3) is 22.4 Å². The number of imidazole rings is 1. The van der Waals surface area contributed by atoms with Gasteiger partial charge in [-0.1, -0.05) is 51.4 Å². The Kier molecular flexibility index (Phi) is 12.4. The minimum absolute atomic E-state index is 0.00732. The van der Waals surface area contributed by atoms with Gasteiger partial charge in [0.15, 0.2) is 5.75 Å². The lowest BCUT2D eigenvalue weighted by atomic mass is 10.2. The zero-order chi connectivity index (χ0) is 32.4. The quantitative estimate of drug-likeness (QED) is 0.116. The van der Waals surface area contributed by atoms with E-state index in [0.29, 0.717) is 52.9 Å². The van der Waals surface area contributed by atoms with Crippen LogP contribution in [0, 0.1) is 0 Å². The molecule has 11 heteroatoms. The summed E-state index contributed by atoms with van der Waals surface area (Å²) in [6.07, 6.45) is -2.87. The van der Waals surface area contributed by atoms with Crippen molar-refractivity contribution in [2.45, 2.75) is 46.7 Å². The van der Waals surface area contributed by atoms with Crippen molar-refractivity contribution in [3.63, 3.8) is 0 Å². The Balaban J connectivity index is 1.62. The lowest BCUT2D eigenvalue weighted by molar-refractivity contribution is -0.137. The van der Waals surface area contributed by atoms with Gasteiger partial charge in [0.05, 0.1) is 34.9 Å². The molecule has 0 aliphatic rings. The van der Waals surface area contributed by atoms with Crippen molar-refractivity contribution >= 4 is 22.6 Å². The van der Waals surface area contributed by atoms with Crippen LogP contribution in [-0.2, 0) is 6.18 Å². The van der Waals surface area contributed by atoms with Gasteiger partial charge in [0, 0.05) is 25.2 Å². The number of hydrogen-bond acceptors (Lipinski definition) is 6. The third-order valence-electron chi connectivity index (χ3n) is 7.69. The van der Waals surface area contributed by atoms with Crippen molar-refractivity contribution in [2.24, 2.45) is 0 Å². The largest absolute Gasteiger partial charge is 0.493 e. The van der Waals surface area contributed by atoms with E-state index in [4.69, 9.17) is 30.8 Å². The van der Waals surface area contributed by atoms with E-state index >= 15 is 0 Å². The van der Waals surface area contributed by atoms with Crippen LogP contribution in [0.15, 0.2) is 54.6 Å². The molecule has 7 nitrogen and oxygen atoms in total. The number of aromatic nitrogens is 2. The smallest absolute Gasteiger partial charge is 0.417 e. The fourth-order valence-corrected chi connectivity index (χ4v) is 5.30. The van der Waals surface area contributed by atoms with Crippen molar-refractivity contribution in [3.05, 3.63) is 65.2 Å². The summed E-state index contributed by atoms with van der Waals surface area (Å²) < 4.78 is 58.8. The summed E-state index contributed by atoms with van der Waals surface area (Å²) in [6.45, 7) is 15.5. The number of halogens is 4. The number of rotatable bonds is 17. The first-order chi connectivity index (χ1) is 21.7. The molecule has 244 valence electrons. The Morgan fingerprint density at radius 2 is 1.42 bits per heavy atom. The molecule has 0 aliphatic carbocycles. The van der Waals surface area contributed by atoms with Gasteiger partial charge in [-0.05, 0) is 69.4 Å². The lowest BCUT2D eigenvalue weighted by Gasteiger charge is -2.18. The highest BCUT2D eigenvalue weighted by molar-refractivity contribution is 6.31. The van der Waals surface area contributed by atoms with Gasteiger partial charge in [0.1, 0.15) is 28.6 Å². The zero-order valence-electron chi connectivity index (χ0n) is 26.3. The van der Waals surface area contributed by atoms with Gasteiger partial charge in [0.2, 0.25) is 0 Å². The summed E-state index contributed by atoms with van der Waals surface area (Å²) in [7, 11) is 0. The highest BCUT2D eigenvalue weighted by Gasteiger charge is 2.33. The van der Waals surface area contributed by atoms with Gasteiger partial charge in [-0.3, -0.25) is 0 Å². The molecule has 4 rings (SSSR count). The van der Waals surface area contributed by atoms with Crippen LogP contribution in [-0.4, -0.2) is 72.3 Å². The van der Waals surface area contributed by atoms with Crippen LogP contribution in [0.5, 0.6) is 23.0 Å². The fraction of sp³-hybridized carbons (Fsp3) is 0.441. The molecule has 0 radical (unpaired) electrons. The molecule has 0 bridgehead atoms. The van der Waals surface area contributed by atoms with E-state index in [2.05, 4.69) is 42.5 Å². The topological polar surface area (TPSA) is 62.9 Å². The first-order valence-corrected chi connectivity index (χ1v) is 15.9. The number of ether oxygens (including phenoxy) is 3. The van der Waals surface area contributed by atoms with Gasteiger partial charge in [-0.25, -0.2) is 4.98 Å². The zero-order valence-corrected chi connectivity index (χ0v) is 27.1. The third kappa shape index (κ3) is 9.28. The normalized spacial score (nSPS) is 12.0. The van der Waals surface area contributed by atoms with Gasteiger partial charge < -0.3 is 29.0 Å². The van der Waals surface area contributed by atoms with Crippen LogP contribution in [0.4, 0.5) is 13.2 Å². The van der Waals surface area contributed by atoms with Crippen molar-refractivity contribution < 1.29 is 27.4 Å². The standard InChI is InChI=1S/C34H42ClF3N4O3/c1-5-41(6-2)17-11-19-43-25-22-29-32(31(23-25)44-20-12-18-42(7-3)8-4)40-33(39-29)26-13-9-10-14-30(26)45-24-15-16-28(35)27(21-24)34(36,37)38/h9-10,13-16,21-23H,5-8,11-12,17-20H2,1-4H3,(H,39,40). The van der Waals surface area contributed by atoms with E-state index in [0.717, 1.165) is 58.2 Å². The number of H-pyrrole nitrogens is 1. The molecule has 4 aromatic rings. The molecule has 45 heavy (non-hydrogen) atoms. The number of hydrogen-bond donors (Lipinski definition) is 1. The van der Waals surface area contributed by atoms with Gasteiger partial charge in [0.25, 0.3) is 0 Å².